The van der Waals surface area contributed by atoms with Crippen LogP contribution >= 0.6 is 0 Å². The summed E-state index contributed by atoms with van der Waals surface area (Å²) >= 11 is 0. The minimum Gasteiger partial charge on any atom is -0.495 e. The van der Waals surface area contributed by atoms with Crippen molar-refractivity contribution in [3.8, 4) is 5.75 Å². The maximum atomic E-state index is 13.2. The van der Waals surface area contributed by atoms with E-state index in [0.29, 0.717) is 23.7 Å². The summed E-state index contributed by atoms with van der Waals surface area (Å²) in [5.41, 5.74) is 1.13. The molecule has 1 aromatic heterocycles. The van der Waals surface area contributed by atoms with Crippen LogP contribution in [0, 0.1) is 5.92 Å². The molecule has 2 saturated heterocycles. The van der Waals surface area contributed by atoms with Gasteiger partial charge in [0.15, 0.2) is 9.84 Å². The molecule has 2 atom stereocenters. The zero-order valence-corrected chi connectivity index (χ0v) is 20.2. The van der Waals surface area contributed by atoms with Crippen LogP contribution in [0.1, 0.15) is 45.3 Å². The van der Waals surface area contributed by atoms with Crippen LogP contribution in [0.2, 0.25) is 0 Å². The fourth-order valence-electron chi connectivity index (χ4n) is 4.30. The van der Waals surface area contributed by atoms with Gasteiger partial charge in [-0.05, 0) is 18.6 Å². The number of hydrogen-bond acceptors (Lipinski definition) is 6. The van der Waals surface area contributed by atoms with Crippen molar-refractivity contribution in [1.29, 1.82) is 0 Å². The maximum absolute atomic E-state index is 13.2. The van der Waals surface area contributed by atoms with Gasteiger partial charge in [0.2, 0.25) is 11.8 Å². The number of nitrogens with one attached hydrogen (secondary N) is 1. The van der Waals surface area contributed by atoms with E-state index in [1.165, 1.54) is 0 Å². The monoisotopic (exact) mass is 474 g/mol. The van der Waals surface area contributed by atoms with Crippen LogP contribution < -0.4 is 15.0 Å². The molecule has 2 aliphatic rings. The van der Waals surface area contributed by atoms with Crippen molar-refractivity contribution in [2.75, 3.05) is 35.4 Å². The zero-order valence-electron chi connectivity index (χ0n) is 19.4. The topological polar surface area (TPSA) is 111 Å². The van der Waals surface area contributed by atoms with Gasteiger partial charge < -0.3 is 15.0 Å². The van der Waals surface area contributed by atoms with Crippen LogP contribution in [0.4, 0.5) is 11.5 Å². The Morgan fingerprint density at radius 2 is 1.97 bits per heavy atom. The predicted octanol–water partition coefficient (Wildman–Crippen LogP) is 2.54. The second-order valence-corrected chi connectivity index (χ2v) is 12.0. The van der Waals surface area contributed by atoms with E-state index in [0.717, 1.165) is 5.69 Å². The fraction of sp³-hybridized carbons (Fsp3) is 0.522. The largest absolute Gasteiger partial charge is 0.495 e. The van der Waals surface area contributed by atoms with Gasteiger partial charge in [0.25, 0.3) is 0 Å². The smallest absolute Gasteiger partial charge is 0.230 e. The molecule has 1 N–H and O–H groups in total. The van der Waals surface area contributed by atoms with Crippen LogP contribution in [0.5, 0.6) is 5.75 Å². The summed E-state index contributed by atoms with van der Waals surface area (Å²) in [5, 5.41) is 7.58. The molecule has 33 heavy (non-hydrogen) atoms. The highest BCUT2D eigenvalue weighted by Gasteiger charge is 2.38. The molecule has 2 fully saturated rings. The summed E-state index contributed by atoms with van der Waals surface area (Å²) in [4.78, 5) is 27.4. The molecule has 9 nitrogen and oxygen atoms in total. The van der Waals surface area contributed by atoms with Gasteiger partial charge in [-0.3, -0.25) is 9.59 Å². The van der Waals surface area contributed by atoms with Crippen molar-refractivity contribution in [3.63, 3.8) is 0 Å². The lowest BCUT2D eigenvalue weighted by Crippen LogP contribution is -2.29. The molecule has 2 amide bonds. The third-order valence-electron chi connectivity index (χ3n) is 6.18. The Kier molecular flexibility index (Phi) is 5.98. The number of aromatic nitrogens is 2. The average Bonchev–Trinajstić information content (AvgIpc) is 3.44. The Morgan fingerprint density at radius 3 is 2.61 bits per heavy atom. The number of nitrogens with zero attached hydrogens (tertiary/aromatic N) is 3. The molecule has 3 heterocycles. The first-order chi connectivity index (χ1) is 15.5. The molecule has 0 aliphatic carbocycles. The van der Waals surface area contributed by atoms with E-state index in [-0.39, 0.29) is 47.7 Å². The number of benzene rings is 1. The molecule has 0 saturated carbocycles. The van der Waals surface area contributed by atoms with E-state index in [4.69, 9.17) is 4.74 Å². The van der Waals surface area contributed by atoms with Crippen molar-refractivity contribution >= 4 is 33.2 Å². The summed E-state index contributed by atoms with van der Waals surface area (Å²) in [6.07, 6.45) is 0.544. The van der Waals surface area contributed by atoms with Crippen molar-refractivity contribution in [2.45, 2.75) is 45.1 Å². The molecule has 1 aromatic carbocycles. The maximum Gasteiger partial charge on any atom is 0.230 e. The van der Waals surface area contributed by atoms with Gasteiger partial charge in [0.1, 0.15) is 11.6 Å². The van der Waals surface area contributed by atoms with E-state index < -0.39 is 15.8 Å². The number of hydrogen-bond donors (Lipinski definition) is 1. The third-order valence-corrected chi connectivity index (χ3v) is 7.93. The van der Waals surface area contributed by atoms with Gasteiger partial charge in [-0.1, -0.05) is 32.9 Å². The van der Waals surface area contributed by atoms with E-state index in [1.807, 2.05) is 32.9 Å². The highest BCUT2D eigenvalue weighted by atomic mass is 32.2. The summed E-state index contributed by atoms with van der Waals surface area (Å²) < 4.78 is 31.1. The highest BCUT2D eigenvalue weighted by molar-refractivity contribution is 7.91. The van der Waals surface area contributed by atoms with Crippen molar-refractivity contribution < 1.29 is 22.7 Å². The van der Waals surface area contributed by atoms with E-state index in [9.17, 15) is 18.0 Å². The van der Waals surface area contributed by atoms with Crippen LogP contribution in [-0.2, 0) is 24.8 Å². The molecule has 2 aliphatic heterocycles. The van der Waals surface area contributed by atoms with Crippen LogP contribution in [-0.4, -0.2) is 55.2 Å². The summed E-state index contributed by atoms with van der Waals surface area (Å²) in [7, 11) is -1.58. The van der Waals surface area contributed by atoms with Gasteiger partial charge in [-0.15, -0.1) is 0 Å². The molecule has 4 rings (SSSR count). The standard InChI is InChI=1S/C23H30N4O5S/c1-23(2,3)19-12-20(27(25-19)16-9-10-33(30,31)14-16)24-22(29)15-11-21(28)26(13-15)17-7-5-6-8-18(17)32-4/h5-8,12,15-16H,9-11,13-14H2,1-4H3,(H,24,29)/t15-,16+/m1/s1. The first kappa shape index (κ1) is 23.3. The number of methoxy groups -OCH3 is 1. The van der Waals surface area contributed by atoms with Gasteiger partial charge >= 0.3 is 0 Å². The Morgan fingerprint density at radius 1 is 1.24 bits per heavy atom. The Balaban J connectivity index is 1.56. The van der Waals surface area contributed by atoms with Crippen LogP contribution in [0.15, 0.2) is 30.3 Å². The zero-order chi connectivity index (χ0) is 24.0. The SMILES string of the molecule is COc1ccccc1N1C[C@H](C(=O)Nc2cc(C(C)(C)C)nn2[C@H]2CCS(=O)(=O)C2)CC1=O. The summed E-state index contributed by atoms with van der Waals surface area (Å²) in [6.45, 7) is 6.27. The number of rotatable bonds is 5. The molecule has 2 aromatic rings. The Bertz CT molecular complexity index is 1180. The fourth-order valence-corrected chi connectivity index (χ4v) is 5.99. The molecule has 0 radical (unpaired) electrons. The van der Waals surface area contributed by atoms with Gasteiger partial charge in [-0.25, -0.2) is 13.1 Å². The van der Waals surface area contributed by atoms with Crippen LogP contribution in [0.25, 0.3) is 0 Å². The number of amides is 2. The quantitative estimate of drug-likeness (QED) is 0.713. The second kappa shape index (κ2) is 8.48. The number of carbonyl (C=O) groups excluding carboxylic acids is 2. The molecular weight excluding hydrogens is 444 g/mol. The molecule has 178 valence electrons. The normalized spacial score (nSPS) is 22.5. The molecular formula is C23H30N4O5S. The minimum absolute atomic E-state index is 0.00459. The minimum atomic E-state index is -3.12. The number of carbonyl (C=O) groups is 2. The van der Waals surface area contributed by atoms with Crippen LogP contribution in [0.3, 0.4) is 0 Å². The number of sulfone groups is 1. The molecule has 10 heteroatoms. The van der Waals surface area contributed by atoms with Gasteiger partial charge in [0.05, 0.1) is 42.0 Å². The lowest BCUT2D eigenvalue weighted by molar-refractivity contribution is -0.122. The Labute approximate surface area is 194 Å². The first-order valence-corrected chi connectivity index (χ1v) is 12.9. The van der Waals surface area contributed by atoms with E-state index in [2.05, 4.69) is 10.4 Å². The lowest BCUT2D eigenvalue weighted by atomic mass is 9.92. The van der Waals surface area contributed by atoms with E-state index in [1.54, 1.807) is 34.9 Å². The second-order valence-electron chi connectivity index (χ2n) is 9.73. The highest BCUT2D eigenvalue weighted by Crippen LogP contribution is 2.34. The van der Waals surface area contributed by atoms with Gasteiger partial charge in [-0.2, -0.15) is 5.10 Å². The van der Waals surface area contributed by atoms with Crippen molar-refractivity contribution in [1.82, 2.24) is 9.78 Å². The molecule has 0 spiro atoms. The summed E-state index contributed by atoms with van der Waals surface area (Å²) in [5.74, 6) is 0.174. The van der Waals surface area contributed by atoms with Crippen molar-refractivity contribution in [3.05, 3.63) is 36.0 Å². The first-order valence-electron chi connectivity index (χ1n) is 11.0. The average molecular weight is 475 g/mol. The predicted molar refractivity (Wildman–Crippen MR) is 125 cm³/mol. The summed E-state index contributed by atoms with van der Waals surface area (Å²) in [6, 6.07) is 8.69. The third kappa shape index (κ3) is 4.75. The Hall–Kier alpha value is -2.88. The molecule has 0 unspecified atom stereocenters. The number of anilines is 2. The number of para-hydroxylation sites is 2. The van der Waals surface area contributed by atoms with Gasteiger partial charge in [0, 0.05) is 24.4 Å². The van der Waals surface area contributed by atoms with Crippen molar-refractivity contribution in [2.24, 2.45) is 5.92 Å². The van der Waals surface area contributed by atoms with E-state index >= 15 is 0 Å². The number of ether oxygens (including phenoxy) is 1. The molecule has 0 bridgehead atoms. The lowest BCUT2D eigenvalue weighted by Gasteiger charge is -2.19.